The fourth-order valence-electron chi connectivity index (χ4n) is 1.26. The Balaban J connectivity index is 3.76. The number of unbranched alkanes of at least 4 members (excludes halogenated alkanes) is 1. The van der Waals surface area contributed by atoms with E-state index in [0.717, 1.165) is 19.4 Å². The van der Waals surface area contributed by atoms with Gasteiger partial charge in [0.2, 0.25) is 5.91 Å². The van der Waals surface area contributed by atoms with Crippen LogP contribution >= 0.6 is 0 Å². The van der Waals surface area contributed by atoms with Crippen molar-refractivity contribution in [3.05, 3.63) is 0 Å². The van der Waals surface area contributed by atoms with Crippen molar-refractivity contribution >= 4 is 5.91 Å². The van der Waals surface area contributed by atoms with Gasteiger partial charge in [0.15, 0.2) is 0 Å². The summed E-state index contributed by atoms with van der Waals surface area (Å²) in [6, 6.07) is 0. The van der Waals surface area contributed by atoms with Gasteiger partial charge in [-0.05, 0) is 13.0 Å². The van der Waals surface area contributed by atoms with Crippen molar-refractivity contribution in [3.63, 3.8) is 0 Å². The number of nitrogens with two attached hydrogens (primary N) is 1. The van der Waals surface area contributed by atoms with Crippen molar-refractivity contribution < 1.29 is 9.90 Å². The first kappa shape index (κ1) is 14.3. The number of aliphatic hydroxyl groups is 1. The number of carbonyl (C=O) groups excluding carboxylic acids is 1. The van der Waals surface area contributed by atoms with Crippen LogP contribution in [0.5, 0.6) is 0 Å². The molecule has 0 aromatic rings. The van der Waals surface area contributed by atoms with Gasteiger partial charge in [0.1, 0.15) is 0 Å². The summed E-state index contributed by atoms with van der Waals surface area (Å²) in [6.45, 7) is 4.92. The monoisotopic (exact) mass is 217 g/mol. The summed E-state index contributed by atoms with van der Waals surface area (Å²) in [7, 11) is 0. The van der Waals surface area contributed by atoms with Gasteiger partial charge >= 0.3 is 0 Å². The third-order valence-corrected chi connectivity index (χ3v) is 2.08. The summed E-state index contributed by atoms with van der Waals surface area (Å²) in [4.78, 5) is 13.3. The highest BCUT2D eigenvalue weighted by molar-refractivity contribution is 5.77. The van der Waals surface area contributed by atoms with Crippen molar-refractivity contribution in [2.24, 2.45) is 5.73 Å². The Hall–Kier alpha value is -0.650. The van der Waals surface area contributed by atoms with E-state index in [-0.39, 0.29) is 12.5 Å². The lowest BCUT2D eigenvalue weighted by molar-refractivity contribution is -0.122. The topological polar surface area (TPSA) is 78.6 Å². The Labute approximate surface area is 91.6 Å². The smallest absolute Gasteiger partial charge is 0.234 e. The lowest BCUT2D eigenvalue weighted by Gasteiger charge is -2.20. The Morgan fingerprint density at radius 3 is 2.73 bits per heavy atom. The van der Waals surface area contributed by atoms with Crippen LogP contribution in [0.25, 0.3) is 0 Å². The zero-order chi connectivity index (χ0) is 11.5. The van der Waals surface area contributed by atoms with Crippen LogP contribution in [0.2, 0.25) is 0 Å². The standard InChI is InChI=1S/C10H23N3O2/c1-2-3-6-13(7-8-14)9-10(15)12-5-4-11/h14H,2-9,11H2,1H3,(H,12,15). The van der Waals surface area contributed by atoms with Crippen LogP contribution in [-0.2, 0) is 4.79 Å². The second-order valence-corrected chi connectivity index (χ2v) is 3.49. The Morgan fingerprint density at radius 1 is 1.47 bits per heavy atom. The maximum absolute atomic E-state index is 11.4. The van der Waals surface area contributed by atoms with E-state index in [2.05, 4.69) is 12.2 Å². The van der Waals surface area contributed by atoms with Crippen LogP contribution in [-0.4, -0.2) is 55.2 Å². The molecule has 0 aliphatic carbocycles. The van der Waals surface area contributed by atoms with E-state index in [0.29, 0.717) is 26.2 Å². The summed E-state index contributed by atoms with van der Waals surface area (Å²) in [6.07, 6.45) is 2.14. The molecule has 15 heavy (non-hydrogen) atoms. The molecular formula is C10H23N3O2. The molecule has 0 rings (SSSR count). The van der Waals surface area contributed by atoms with E-state index in [1.165, 1.54) is 0 Å². The van der Waals surface area contributed by atoms with E-state index in [4.69, 9.17) is 10.8 Å². The number of hydrogen-bond donors (Lipinski definition) is 3. The van der Waals surface area contributed by atoms with Crippen molar-refractivity contribution in [1.82, 2.24) is 10.2 Å². The molecule has 0 spiro atoms. The van der Waals surface area contributed by atoms with Crippen LogP contribution in [0.4, 0.5) is 0 Å². The highest BCUT2D eigenvalue weighted by Crippen LogP contribution is 1.94. The van der Waals surface area contributed by atoms with Gasteiger partial charge in [-0.15, -0.1) is 0 Å². The minimum absolute atomic E-state index is 0.0231. The largest absolute Gasteiger partial charge is 0.395 e. The van der Waals surface area contributed by atoms with E-state index in [1.54, 1.807) is 0 Å². The number of rotatable bonds is 9. The van der Waals surface area contributed by atoms with Gasteiger partial charge in [0.25, 0.3) is 0 Å². The van der Waals surface area contributed by atoms with Gasteiger partial charge < -0.3 is 16.2 Å². The highest BCUT2D eigenvalue weighted by atomic mass is 16.3. The van der Waals surface area contributed by atoms with Crippen LogP contribution in [0.3, 0.4) is 0 Å². The van der Waals surface area contributed by atoms with Crippen molar-refractivity contribution in [3.8, 4) is 0 Å². The molecule has 0 atom stereocenters. The van der Waals surface area contributed by atoms with E-state index < -0.39 is 0 Å². The Bertz CT molecular complexity index is 165. The second-order valence-electron chi connectivity index (χ2n) is 3.49. The molecular weight excluding hydrogens is 194 g/mol. The highest BCUT2D eigenvalue weighted by Gasteiger charge is 2.08. The van der Waals surface area contributed by atoms with Crippen LogP contribution < -0.4 is 11.1 Å². The molecule has 0 saturated carbocycles. The summed E-state index contributed by atoms with van der Waals surface area (Å²) >= 11 is 0. The van der Waals surface area contributed by atoms with E-state index in [1.807, 2.05) is 4.90 Å². The average molecular weight is 217 g/mol. The fraction of sp³-hybridized carbons (Fsp3) is 0.900. The summed E-state index contributed by atoms with van der Waals surface area (Å²) in [5.41, 5.74) is 5.28. The molecule has 1 amide bonds. The minimum Gasteiger partial charge on any atom is -0.395 e. The normalized spacial score (nSPS) is 10.7. The third-order valence-electron chi connectivity index (χ3n) is 2.08. The first-order chi connectivity index (χ1) is 7.24. The summed E-state index contributed by atoms with van der Waals surface area (Å²) < 4.78 is 0. The first-order valence-corrected chi connectivity index (χ1v) is 5.54. The number of hydrogen-bond acceptors (Lipinski definition) is 4. The molecule has 5 nitrogen and oxygen atoms in total. The molecule has 0 aromatic heterocycles. The Kier molecular flexibility index (Phi) is 9.46. The van der Waals surface area contributed by atoms with E-state index >= 15 is 0 Å². The molecule has 0 heterocycles. The molecule has 90 valence electrons. The number of amides is 1. The molecule has 0 aliphatic rings. The lowest BCUT2D eigenvalue weighted by atomic mass is 10.3. The number of carbonyl (C=O) groups is 1. The quantitative estimate of drug-likeness (QED) is 0.470. The molecule has 0 saturated heterocycles. The van der Waals surface area contributed by atoms with Crippen molar-refractivity contribution in [1.29, 1.82) is 0 Å². The third kappa shape index (κ3) is 8.35. The Morgan fingerprint density at radius 2 is 2.20 bits per heavy atom. The second kappa shape index (κ2) is 9.89. The molecule has 0 fully saturated rings. The maximum atomic E-state index is 11.4. The van der Waals surface area contributed by atoms with Gasteiger partial charge in [0, 0.05) is 19.6 Å². The van der Waals surface area contributed by atoms with Gasteiger partial charge in [-0.2, -0.15) is 0 Å². The molecule has 0 radical (unpaired) electrons. The van der Waals surface area contributed by atoms with Gasteiger partial charge in [-0.25, -0.2) is 0 Å². The average Bonchev–Trinajstić information content (AvgIpc) is 2.23. The summed E-state index contributed by atoms with van der Waals surface area (Å²) in [5.74, 6) is -0.0231. The molecule has 0 aliphatic heterocycles. The SMILES string of the molecule is CCCCN(CCO)CC(=O)NCCN. The number of nitrogens with zero attached hydrogens (tertiary/aromatic N) is 1. The van der Waals surface area contributed by atoms with Crippen LogP contribution in [0, 0.1) is 0 Å². The zero-order valence-corrected chi connectivity index (χ0v) is 9.54. The van der Waals surface area contributed by atoms with Crippen molar-refractivity contribution in [2.75, 3.05) is 39.3 Å². The molecule has 0 aromatic carbocycles. The zero-order valence-electron chi connectivity index (χ0n) is 9.54. The number of nitrogens with one attached hydrogen (secondary N) is 1. The first-order valence-electron chi connectivity index (χ1n) is 5.54. The van der Waals surface area contributed by atoms with Crippen LogP contribution in [0.15, 0.2) is 0 Å². The molecule has 4 N–H and O–H groups in total. The predicted molar refractivity (Wildman–Crippen MR) is 60.5 cm³/mol. The maximum Gasteiger partial charge on any atom is 0.234 e. The van der Waals surface area contributed by atoms with Crippen LogP contribution in [0.1, 0.15) is 19.8 Å². The molecule has 0 bridgehead atoms. The lowest BCUT2D eigenvalue weighted by Crippen LogP contribution is -2.40. The predicted octanol–water partition coefficient (Wildman–Crippen LogP) is -0.844. The minimum atomic E-state index is -0.0231. The fourth-order valence-corrected chi connectivity index (χ4v) is 1.26. The molecule has 5 heteroatoms. The molecule has 0 unspecified atom stereocenters. The van der Waals surface area contributed by atoms with E-state index in [9.17, 15) is 4.79 Å². The van der Waals surface area contributed by atoms with Crippen molar-refractivity contribution in [2.45, 2.75) is 19.8 Å². The van der Waals surface area contributed by atoms with Gasteiger partial charge in [-0.1, -0.05) is 13.3 Å². The van der Waals surface area contributed by atoms with Gasteiger partial charge in [0.05, 0.1) is 13.2 Å². The number of aliphatic hydroxyl groups excluding tert-OH is 1. The summed E-state index contributed by atoms with van der Waals surface area (Å²) in [5, 5.41) is 11.5. The van der Waals surface area contributed by atoms with Gasteiger partial charge in [-0.3, -0.25) is 9.69 Å².